The van der Waals surface area contributed by atoms with Crippen molar-refractivity contribution >= 4 is 49.7 Å². The van der Waals surface area contributed by atoms with Gasteiger partial charge in [0.05, 0.1) is 33.3 Å². The standard InChI is InChI=1S/C31H23FN2O5S2/c1-2-38-23-15-19(10-13-22(23)39-17-18-7-4-3-5-8-18)27-26(28(35)24-9-6-14-40-24)29(36)30(37)34(27)31-33-21-12-11-20(32)16-25(21)41-31/h3-16,27,36H,2,17H2,1H3. The average Bonchev–Trinajstić information content (AvgIpc) is 3.71. The van der Waals surface area contributed by atoms with Crippen molar-refractivity contribution in [1.29, 1.82) is 0 Å². The van der Waals surface area contributed by atoms with E-state index in [4.69, 9.17) is 9.47 Å². The van der Waals surface area contributed by atoms with Gasteiger partial charge >= 0.3 is 0 Å². The third-order valence-electron chi connectivity index (χ3n) is 6.56. The van der Waals surface area contributed by atoms with E-state index >= 15 is 0 Å². The second-order valence-electron chi connectivity index (χ2n) is 9.17. The van der Waals surface area contributed by atoms with Gasteiger partial charge in [-0.3, -0.25) is 14.5 Å². The van der Waals surface area contributed by atoms with Crippen LogP contribution >= 0.6 is 22.7 Å². The number of aliphatic hydroxyl groups excluding tert-OH is 1. The molecule has 0 bridgehead atoms. The molecule has 0 aliphatic carbocycles. The molecule has 0 saturated carbocycles. The predicted molar refractivity (Wildman–Crippen MR) is 156 cm³/mol. The van der Waals surface area contributed by atoms with E-state index in [2.05, 4.69) is 4.98 Å². The van der Waals surface area contributed by atoms with Crippen LogP contribution in [0.1, 0.15) is 33.8 Å². The molecule has 41 heavy (non-hydrogen) atoms. The summed E-state index contributed by atoms with van der Waals surface area (Å²) in [6.45, 7) is 2.51. The number of ether oxygens (including phenoxy) is 2. The number of ketones is 1. The van der Waals surface area contributed by atoms with E-state index in [-0.39, 0.29) is 10.7 Å². The summed E-state index contributed by atoms with van der Waals surface area (Å²) in [7, 11) is 0. The molecule has 6 rings (SSSR count). The number of anilines is 1. The van der Waals surface area contributed by atoms with E-state index in [1.165, 1.54) is 34.4 Å². The maximum absolute atomic E-state index is 13.9. The van der Waals surface area contributed by atoms with Gasteiger partial charge in [-0.2, -0.15) is 0 Å². The van der Waals surface area contributed by atoms with Crippen molar-refractivity contribution in [3.05, 3.63) is 117 Å². The zero-order valence-electron chi connectivity index (χ0n) is 21.7. The third kappa shape index (κ3) is 5.07. The highest BCUT2D eigenvalue weighted by molar-refractivity contribution is 7.22. The van der Waals surface area contributed by atoms with Crippen molar-refractivity contribution in [3.8, 4) is 11.5 Å². The number of aromatic nitrogens is 1. The van der Waals surface area contributed by atoms with Crippen LogP contribution in [0.3, 0.4) is 0 Å². The Bertz CT molecular complexity index is 1780. The van der Waals surface area contributed by atoms with Gasteiger partial charge in [-0.15, -0.1) is 11.3 Å². The van der Waals surface area contributed by atoms with E-state index < -0.39 is 29.3 Å². The highest BCUT2D eigenvalue weighted by Crippen LogP contribution is 2.46. The largest absolute Gasteiger partial charge is 0.503 e. The first-order valence-corrected chi connectivity index (χ1v) is 14.5. The number of hydrogen-bond donors (Lipinski definition) is 1. The number of carbonyl (C=O) groups excluding carboxylic acids is 2. The van der Waals surface area contributed by atoms with Crippen molar-refractivity contribution in [3.63, 3.8) is 0 Å². The lowest BCUT2D eigenvalue weighted by Crippen LogP contribution is -2.31. The van der Waals surface area contributed by atoms with Gasteiger partial charge < -0.3 is 14.6 Å². The fraction of sp³-hybridized carbons (Fsp3) is 0.129. The second-order valence-corrected chi connectivity index (χ2v) is 11.1. The number of amides is 1. The Labute approximate surface area is 242 Å². The number of thiophene rings is 1. The lowest BCUT2D eigenvalue weighted by Gasteiger charge is -2.25. The normalized spacial score (nSPS) is 15.1. The monoisotopic (exact) mass is 586 g/mol. The highest BCUT2D eigenvalue weighted by Gasteiger charge is 2.46. The summed E-state index contributed by atoms with van der Waals surface area (Å²) >= 11 is 2.31. The van der Waals surface area contributed by atoms with Gasteiger partial charge in [-0.25, -0.2) is 9.37 Å². The summed E-state index contributed by atoms with van der Waals surface area (Å²) in [5.41, 5.74) is 1.93. The Kier molecular flexibility index (Phi) is 7.25. The van der Waals surface area contributed by atoms with Crippen molar-refractivity contribution in [2.45, 2.75) is 19.6 Å². The number of thiazole rings is 1. The fourth-order valence-corrected chi connectivity index (χ4v) is 6.39. The molecule has 0 radical (unpaired) electrons. The quantitative estimate of drug-likeness (QED) is 0.183. The molecule has 1 aliphatic heterocycles. The first-order chi connectivity index (χ1) is 19.9. The Morgan fingerprint density at radius 3 is 2.61 bits per heavy atom. The molecule has 7 nitrogen and oxygen atoms in total. The zero-order valence-corrected chi connectivity index (χ0v) is 23.4. The summed E-state index contributed by atoms with van der Waals surface area (Å²) in [5, 5.41) is 13.1. The summed E-state index contributed by atoms with van der Waals surface area (Å²) in [6, 6.07) is 21.4. The average molecular weight is 587 g/mol. The Balaban J connectivity index is 1.45. The number of hydrogen-bond acceptors (Lipinski definition) is 8. The van der Waals surface area contributed by atoms with Crippen molar-refractivity contribution in [2.24, 2.45) is 0 Å². The Morgan fingerprint density at radius 1 is 1.02 bits per heavy atom. The summed E-state index contributed by atoms with van der Waals surface area (Å²) in [6.07, 6.45) is 0. The number of carbonyl (C=O) groups is 2. The molecule has 1 N–H and O–H groups in total. The number of halogens is 1. The lowest BCUT2D eigenvalue weighted by molar-refractivity contribution is -0.117. The van der Waals surface area contributed by atoms with Crippen molar-refractivity contribution < 1.29 is 28.6 Å². The fourth-order valence-electron chi connectivity index (χ4n) is 4.70. The molecule has 10 heteroatoms. The van der Waals surface area contributed by atoms with E-state index in [0.717, 1.165) is 16.9 Å². The minimum Gasteiger partial charge on any atom is -0.503 e. The number of aliphatic hydroxyl groups is 1. The molecule has 206 valence electrons. The maximum atomic E-state index is 13.9. The van der Waals surface area contributed by atoms with Gasteiger partial charge in [0, 0.05) is 0 Å². The molecule has 0 fully saturated rings. The Hall–Kier alpha value is -4.54. The van der Waals surface area contributed by atoms with Crippen molar-refractivity contribution in [1.82, 2.24) is 4.98 Å². The minimum absolute atomic E-state index is 0.0664. The van der Waals surface area contributed by atoms with Gasteiger partial charge in [0.25, 0.3) is 5.91 Å². The molecule has 5 aromatic rings. The van der Waals surface area contributed by atoms with Crippen LogP contribution in [0.5, 0.6) is 11.5 Å². The van der Waals surface area contributed by atoms with Gasteiger partial charge in [0.2, 0.25) is 5.78 Å². The van der Waals surface area contributed by atoms with Crippen LogP contribution in [-0.4, -0.2) is 28.4 Å². The summed E-state index contributed by atoms with van der Waals surface area (Å²) < 4.78 is 26.4. The number of Topliss-reactive ketones (excluding diaryl/α,β-unsaturated/α-hetero) is 1. The first kappa shape index (κ1) is 26.7. The van der Waals surface area contributed by atoms with Crippen LogP contribution in [0, 0.1) is 5.82 Å². The minimum atomic E-state index is -1.01. The van der Waals surface area contributed by atoms with Crippen molar-refractivity contribution in [2.75, 3.05) is 11.5 Å². The predicted octanol–water partition coefficient (Wildman–Crippen LogP) is 7.26. The SMILES string of the molecule is CCOc1cc(C2C(C(=O)c3cccs3)=C(O)C(=O)N2c2nc3ccc(F)cc3s2)ccc1OCc1ccccc1. The molecular weight excluding hydrogens is 563 g/mol. The molecule has 2 aromatic heterocycles. The van der Waals surface area contributed by atoms with Crippen LogP contribution in [-0.2, 0) is 11.4 Å². The van der Waals surface area contributed by atoms with E-state index in [0.29, 0.717) is 45.4 Å². The molecule has 1 aliphatic rings. The topological polar surface area (TPSA) is 89.0 Å². The van der Waals surface area contributed by atoms with Crippen LogP contribution in [0.4, 0.5) is 9.52 Å². The molecule has 1 atom stereocenters. The number of nitrogens with zero attached hydrogens (tertiary/aromatic N) is 2. The van der Waals surface area contributed by atoms with Gasteiger partial charge in [-0.1, -0.05) is 53.8 Å². The summed E-state index contributed by atoms with van der Waals surface area (Å²) in [4.78, 5) is 33.4. The van der Waals surface area contributed by atoms with Crippen LogP contribution in [0.25, 0.3) is 10.2 Å². The molecule has 3 aromatic carbocycles. The molecular formula is C31H23FN2O5S2. The van der Waals surface area contributed by atoms with E-state index in [1.54, 1.807) is 35.7 Å². The molecule has 0 spiro atoms. The Morgan fingerprint density at radius 2 is 1.85 bits per heavy atom. The van der Waals surface area contributed by atoms with E-state index in [9.17, 15) is 19.1 Å². The molecule has 3 heterocycles. The second kappa shape index (κ2) is 11.1. The molecule has 0 saturated heterocycles. The van der Waals surface area contributed by atoms with Gasteiger partial charge in [-0.05, 0) is 59.8 Å². The summed E-state index contributed by atoms with van der Waals surface area (Å²) in [5.74, 6) is -1.40. The molecule has 1 unspecified atom stereocenters. The number of rotatable bonds is 9. The van der Waals surface area contributed by atoms with Crippen LogP contribution in [0.15, 0.2) is 95.6 Å². The zero-order chi connectivity index (χ0) is 28.5. The van der Waals surface area contributed by atoms with Gasteiger partial charge in [0.1, 0.15) is 12.4 Å². The number of benzene rings is 3. The van der Waals surface area contributed by atoms with Gasteiger partial charge in [0.15, 0.2) is 22.4 Å². The highest BCUT2D eigenvalue weighted by atomic mass is 32.1. The van der Waals surface area contributed by atoms with Crippen LogP contribution in [0.2, 0.25) is 0 Å². The van der Waals surface area contributed by atoms with Crippen LogP contribution < -0.4 is 14.4 Å². The third-order valence-corrected chi connectivity index (χ3v) is 8.45. The first-order valence-electron chi connectivity index (χ1n) is 12.8. The lowest BCUT2D eigenvalue weighted by atomic mass is 9.95. The molecule has 1 amide bonds. The smallest absolute Gasteiger partial charge is 0.296 e. The number of fused-ring (bicyclic) bond motifs is 1. The maximum Gasteiger partial charge on any atom is 0.296 e. The van der Waals surface area contributed by atoms with E-state index in [1.807, 2.05) is 37.3 Å².